The standard InChI is InChI=1S/C21H23F3N2O3/c1-13(2)18(26-19(27)15-10-8-14(3)9-11-15)20(28)25-12-16-6-4-5-7-17(16)29-21(22,23)24/h4-11,13,18H,12H2,1-3H3,(H,25,28)(H,26,27)/t18-/m0/s1. The highest BCUT2D eigenvalue weighted by Gasteiger charge is 2.32. The Balaban J connectivity index is 2.05. The molecule has 0 saturated carbocycles. The second-order valence-electron chi connectivity index (χ2n) is 6.93. The quantitative estimate of drug-likeness (QED) is 0.729. The van der Waals surface area contributed by atoms with Gasteiger partial charge in [-0.2, -0.15) is 0 Å². The summed E-state index contributed by atoms with van der Waals surface area (Å²) < 4.78 is 41.6. The largest absolute Gasteiger partial charge is 0.573 e. The minimum absolute atomic E-state index is 0.172. The predicted molar refractivity (Wildman–Crippen MR) is 102 cm³/mol. The van der Waals surface area contributed by atoms with E-state index >= 15 is 0 Å². The summed E-state index contributed by atoms with van der Waals surface area (Å²) in [5, 5.41) is 5.25. The number of amides is 2. The van der Waals surface area contributed by atoms with Crippen LogP contribution in [0.1, 0.15) is 35.3 Å². The van der Waals surface area contributed by atoms with Gasteiger partial charge in [-0.05, 0) is 31.0 Å². The van der Waals surface area contributed by atoms with Gasteiger partial charge < -0.3 is 15.4 Å². The minimum atomic E-state index is -4.83. The lowest BCUT2D eigenvalue weighted by Crippen LogP contribution is -2.49. The summed E-state index contributed by atoms with van der Waals surface area (Å²) in [5.74, 6) is -1.52. The summed E-state index contributed by atoms with van der Waals surface area (Å²) in [5.41, 5.74) is 1.59. The number of alkyl halides is 3. The average Bonchev–Trinajstić information content (AvgIpc) is 2.64. The van der Waals surface area contributed by atoms with Crippen LogP contribution in [0, 0.1) is 12.8 Å². The third-order valence-corrected chi connectivity index (χ3v) is 4.20. The van der Waals surface area contributed by atoms with Crippen molar-refractivity contribution in [2.24, 2.45) is 5.92 Å². The van der Waals surface area contributed by atoms with Gasteiger partial charge in [0.1, 0.15) is 11.8 Å². The first-order chi connectivity index (χ1) is 13.6. The van der Waals surface area contributed by atoms with E-state index in [0.29, 0.717) is 5.56 Å². The average molecular weight is 408 g/mol. The monoisotopic (exact) mass is 408 g/mol. The second-order valence-corrected chi connectivity index (χ2v) is 6.93. The topological polar surface area (TPSA) is 67.4 Å². The zero-order valence-corrected chi connectivity index (χ0v) is 16.3. The van der Waals surface area contributed by atoms with Crippen LogP contribution in [0.2, 0.25) is 0 Å². The van der Waals surface area contributed by atoms with Crippen LogP contribution in [0.25, 0.3) is 0 Å². The van der Waals surface area contributed by atoms with E-state index in [1.807, 2.05) is 6.92 Å². The van der Waals surface area contributed by atoms with E-state index in [2.05, 4.69) is 15.4 Å². The normalized spacial score (nSPS) is 12.4. The molecule has 0 aliphatic rings. The predicted octanol–water partition coefficient (Wildman–Crippen LogP) is 3.96. The molecule has 0 fully saturated rings. The lowest BCUT2D eigenvalue weighted by atomic mass is 10.0. The number of para-hydroxylation sites is 1. The zero-order chi connectivity index (χ0) is 21.6. The molecule has 2 aromatic rings. The van der Waals surface area contributed by atoms with Crippen molar-refractivity contribution in [3.63, 3.8) is 0 Å². The number of carbonyl (C=O) groups is 2. The van der Waals surface area contributed by atoms with Crippen molar-refractivity contribution in [2.75, 3.05) is 0 Å². The molecule has 1 atom stereocenters. The molecule has 0 aliphatic heterocycles. The van der Waals surface area contributed by atoms with Gasteiger partial charge in [-0.15, -0.1) is 13.2 Å². The van der Waals surface area contributed by atoms with Crippen molar-refractivity contribution >= 4 is 11.8 Å². The molecule has 0 aliphatic carbocycles. The van der Waals surface area contributed by atoms with Crippen LogP contribution in [0.4, 0.5) is 13.2 Å². The fraction of sp³-hybridized carbons (Fsp3) is 0.333. The van der Waals surface area contributed by atoms with E-state index in [1.165, 1.54) is 18.2 Å². The van der Waals surface area contributed by atoms with Crippen LogP contribution >= 0.6 is 0 Å². The number of hydrogen-bond donors (Lipinski definition) is 2. The number of rotatable bonds is 7. The molecule has 0 bridgehead atoms. The molecule has 5 nitrogen and oxygen atoms in total. The van der Waals surface area contributed by atoms with E-state index in [9.17, 15) is 22.8 Å². The number of hydrogen-bond acceptors (Lipinski definition) is 3. The molecule has 0 saturated heterocycles. The minimum Gasteiger partial charge on any atom is -0.405 e. The van der Waals surface area contributed by atoms with Crippen molar-refractivity contribution in [3.05, 3.63) is 65.2 Å². The van der Waals surface area contributed by atoms with Gasteiger partial charge in [0.25, 0.3) is 5.91 Å². The number of nitrogens with one attached hydrogen (secondary N) is 2. The molecule has 8 heteroatoms. The highest BCUT2D eigenvalue weighted by atomic mass is 19.4. The molecule has 2 amide bonds. The highest BCUT2D eigenvalue weighted by Crippen LogP contribution is 2.26. The summed E-state index contributed by atoms with van der Waals surface area (Å²) in [7, 11) is 0. The third-order valence-electron chi connectivity index (χ3n) is 4.20. The maximum atomic E-state index is 12.6. The maximum Gasteiger partial charge on any atom is 0.573 e. The second kappa shape index (κ2) is 9.45. The van der Waals surface area contributed by atoms with Crippen LogP contribution in [0.15, 0.2) is 48.5 Å². The van der Waals surface area contributed by atoms with E-state index in [1.54, 1.807) is 44.2 Å². The molecular weight excluding hydrogens is 385 g/mol. The molecule has 29 heavy (non-hydrogen) atoms. The molecule has 2 rings (SSSR count). The first-order valence-electron chi connectivity index (χ1n) is 9.05. The Hall–Kier alpha value is -3.03. The molecule has 0 spiro atoms. The molecule has 0 unspecified atom stereocenters. The number of halogens is 3. The highest BCUT2D eigenvalue weighted by molar-refractivity contribution is 5.97. The molecule has 0 aromatic heterocycles. The van der Waals surface area contributed by atoms with Crippen molar-refractivity contribution in [2.45, 2.75) is 39.7 Å². The number of benzene rings is 2. The van der Waals surface area contributed by atoms with Gasteiger partial charge in [0.2, 0.25) is 5.91 Å². The number of aryl methyl sites for hydroxylation is 1. The van der Waals surface area contributed by atoms with Gasteiger partial charge in [0.05, 0.1) is 0 Å². The molecule has 2 N–H and O–H groups in total. The molecule has 156 valence electrons. The van der Waals surface area contributed by atoms with Gasteiger partial charge in [-0.25, -0.2) is 0 Å². The van der Waals surface area contributed by atoms with Crippen LogP contribution in [-0.4, -0.2) is 24.2 Å². The molecular formula is C21H23F3N2O3. The van der Waals surface area contributed by atoms with E-state index < -0.39 is 24.2 Å². The maximum absolute atomic E-state index is 12.6. The Morgan fingerprint density at radius 2 is 1.66 bits per heavy atom. The molecule has 0 heterocycles. The van der Waals surface area contributed by atoms with Gasteiger partial charge in [-0.3, -0.25) is 9.59 Å². The fourth-order valence-electron chi connectivity index (χ4n) is 2.63. The van der Waals surface area contributed by atoms with Crippen LogP contribution in [0.5, 0.6) is 5.75 Å². The van der Waals surface area contributed by atoms with Crippen LogP contribution in [-0.2, 0) is 11.3 Å². The molecule has 2 aromatic carbocycles. The first-order valence-corrected chi connectivity index (χ1v) is 9.05. The number of ether oxygens (including phenoxy) is 1. The Labute approximate surface area is 167 Å². The van der Waals surface area contributed by atoms with Gasteiger partial charge in [0.15, 0.2) is 0 Å². The molecule has 0 radical (unpaired) electrons. The first kappa shape index (κ1) is 22.3. The van der Waals surface area contributed by atoms with E-state index in [4.69, 9.17) is 0 Å². The third kappa shape index (κ3) is 6.81. The Bertz CT molecular complexity index is 849. The summed E-state index contributed by atoms with van der Waals surface area (Å²) in [6, 6.07) is 11.6. The summed E-state index contributed by atoms with van der Waals surface area (Å²) in [4.78, 5) is 25.0. The summed E-state index contributed by atoms with van der Waals surface area (Å²) >= 11 is 0. The smallest absolute Gasteiger partial charge is 0.405 e. The Morgan fingerprint density at radius 1 is 1.03 bits per heavy atom. The Morgan fingerprint density at radius 3 is 2.24 bits per heavy atom. The van der Waals surface area contributed by atoms with Gasteiger partial charge >= 0.3 is 6.36 Å². The summed E-state index contributed by atoms with van der Waals surface area (Å²) in [6.07, 6.45) is -4.83. The van der Waals surface area contributed by atoms with Crippen LogP contribution < -0.4 is 15.4 Å². The Kier molecular flexibility index (Phi) is 7.25. The van der Waals surface area contributed by atoms with Crippen molar-refractivity contribution in [1.29, 1.82) is 0 Å². The summed E-state index contributed by atoms with van der Waals surface area (Å²) in [6.45, 7) is 5.25. The fourth-order valence-corrected chi connectivity index (χ4v) is 2.63. The lowest BCUT2D eigenvalue weighted by Gasteiger charge is -2.22. The number of carbonyl (C=O) groups excluding carboxylic acids is 2. The van der Waals surface area contributed by atoms with Crippen molar-refractivity contribution in [3.8, 4) is 5.75 Å². The van der Waals surface area contributed by atoms with Crippen LogP contribution in [0.3, 0.4) is 0 Å². The van der Waals surface area contributed by atoms with Gasteiger partial charge in [-0.1, -0.05) is 49.7 Å². The van der Waals surface area contributed by atoms with Gasteiger partial charge in [0, 0.05) is 17.7 Å². The van der Waals surface area contributed by atoms with Crippen molar-refractivity contribution in [1.82, 2.24) is 10.6 Å². The zero-order valence-electron chi connectivity index (χ0n) is 16.3. The lowest BCUT2D eigenvalue weighted by molar-refractivity contribution is -0.274. The van der Waals surface area contributed by atoms with E-state index in [0.717, 1.165) is 5.56 Å². The van der Waals surface area contributed by atoms with E-state index in [-0.39, 0.29) is 23.8 Å². The van der Waals surface area contributed by atoms with Crippen molar-refractivity contribution < 1.29 is 27.5 Å². The SMILES string of the molecule is Cc1ccc(C(=O)N[C@H](C(=O)NCc2ccccc2OC(F)(F)F)C(C)C)cc1.